The zero-order chi connectivity index (χ0) is 18.6. The second-order valence-electron chi connectivity index (χ2n) is 6.54. The lowest BCUT2D eigenvalue weighted by Gasteiger charge is -2.14. The summed E-state index contributed by atoms with van der Waals surface area (Å²) in [6, 6.07) is 12.1. The van der Waals surface area contributed by atoms with Crippen LogP contribution in [-0.4, -0.2) is 43.4 Å². The van der Waals surface area contributed by atoms with Crippen LogP contribution in [-0.2, 0) is 4.74 Å². The molecule has 1 aliphatic rings. The first-order valence-corrected chi connectivity index (χ1v) is 9.11. The van der Waals surface area contributed by atoms with Gasteiger partial charge in [-0.2, -0.15) is 0 Å². The van der Waals surface area contributed by atoms with E-state index in [1.807, 2.05) is 24.3 Å². The van der Waals surface area contributed by atoms with Crippen LogP contribution in [0.1, 0.15) is 12.8 Å². The van der Waals surface area contributed by atoms with E-state index in [4.69, 9.17) is 14.2 Å². The molecule has 3 aromatic rings. The van der Waals surface area contributed by atoms with Crippen molar-refractivity contribution >= 4 is 16.7 Å². The molecule has 1 aromatic heterocycles. The predicted octanol–water partition coefficient (Wildman–Crippen LogP) is 3.90. The number of nitrogens with one attached hydrogen (secondary N) is 1. The van der Waals surface area contributed by atoms with Crippen molar-refractivity contribution in [3.8, 4) is 22.6 Å². The van der Waals surface area contributed by atoms with Crippen molar-refractivity contribution in [2.75, 3.05) is 32.7 Å². The molecular formula is C21H23N3O3. The van der Waals surface area contributed by atoms with Crippen molar-refractivity contribution in [2.24, 2.45) is 0 Å². The zero-order valence-corrected chi connectivity index (χ0v) is 15.6. The Bertz CT molecular complexity index is 939. The molecule has 1 N–H and O–H groups in total. The first-order chi connectivity index (χ1) is 13.3. The maximum Gasteiger partial charge on any atom is 0.161 e. The smallest absolute Gasteiger partial charge is 0.161 e. The van der Waals surface area contributed by atoms with Gasteiger partial charge in [0.2, 0.25) is 0 Å². The minimum atomic E-state index is 0.254. The Kier molecular flexibility index (Phi) is 5.07. The molecule has 0 spiro atoms. The summed E-state index contributed by atoms with van der Waals surface area (Å²) < 4.78 is 16.5. The summed E-state index contributed by atoms with van der Waals surface area (Å²) in [7, 11) is 3.28. The van der Waals surface area contributed by atoms with Crippen LogP contribution in [0.5, 0.6) is 11.5 Å². The van der Waals surface area contributed by atoms with Gasteiger partial charge in [-0.3, -0.25) is 0 Å². The Labute approximate surface area is 158 Å². The van der Waals surface area contributed by atoms with E-state index in [1.54, 1.807) is 20.5 Å². The quantitative estimate of drug-likeness (QED) is 0.715. The number of benzene rings is 2. The van der Waals surface area contributed by atoms with Gasteiger partial charge in [0.1, 0.15) is 12.1 Å². The van der Waals surface area contributed by atoms with Crippen LogP contribution in [0.2, 0.25) is 0 Å². The van der Waals surface area contributed by atoms with Gasteiger partial charge >= 0.3 is 0 Å². The molecule has 1 fully saturated rings. The second kappa shape index (κ2) is 7.80. The van der Waals surface area contributed by atoms with Gasteiger partial charge in [0.25, 0.3) is 0 Å². The lowest BCUT2D eigenvalue weighted by atomic mass is 10.0. The zero-order valence-electron chi connectivity index (χ0n) is 15.6. The molecule has 1 unspecified atom stereocenters. The van der Waals surface area contributed by atoms with Gasteiger partial charge in [-0.05, 0) is 48.2 Å². The average Bonchev–Trinajstić information content (AvgIpc) is 3.25. The number of rotatable bonds is 6. The number of fused-ring (bicyclic) bond motifs is 1. The maximum absolute atomic E-state index is 5.70. The fourth-order valence-electron chi connectivity index (χ4n) is 3.41. The van der Waals surface area contributed by atoms with E-state index in [0.717, 1.165) is 53.8 Å². The number of aromatic nitrogens is 2. The molecule has 1 atom stereocenters. The van der Waals surface area contributed by atoms with Gasteiger partial charge in [-0.15, -0.1) is 0 Å². The summed E-state index contributed by atoms with van der Waals surface area (Å²) in [5.41, 5.74) is 3.02. The second-order valence-corrected chi connectivity index (χ2v) is 6.54. The Hall–Kier alpha value is -2.86. The van der Waals surface area contributed by atoms with E-state index in [9.17, 15) is 0 Å². The molecule has 0 amide bonds. The van der Waals surface area contributed by atoms with Crippen molar-refractivity contribution in [3.05, 3.63) is 42.7 Å². The van der Waals surface area contributed by atoms with Crippen LogP contribution in [0.25, 0.3) is 22.0 Å². The first-order valence-electron chi connectivity index (χ1n) is 9.11. The Morgan fingerprint density at radius 2 is 1.85 bits per heavy atom. The molecule has 27 heavy (non-hydrogen) atoms. The van der Waals surface area contributed by atoms with Crippen LogP contribution >= 0.6 is 0 Å². The van der Waals surface area contributed by atoms with E-state index in [2.05, 4.69) is 27.4 Å². The van der Waals surface area contributed by atoms with Crippen molar-refractivity contribution in [1.82, 2.24) is 9.97 Å². The average molecular weight is 365 g/mol. The van der Waals surface area contributed by atoms with Gasteiger partial charge in [-0.1, -0.05) is 12.1 Å². The van der Waals surface area contributed by atoms with Gasteiger partial charge in [-0.25, -0.2) is 9.97 Å². The number of hydrogen-bond acceptors (Lipinski definition) is 6. The number of anilines is 1. The van der Waals surface area contributed by atoms with Crippen molar-refractivity contribution < 1.29 is 14.2 Å². The predicted molar refractivity (Wildman–Crippen MR) is 106 cm³/mol. The molecule has 0 aliphatic carbocycles. The van der Waals surface area contributed by atoms with Gasteiger partial charge in [0.05, 0.1) is 25.8 Å². The summed E-state index contributed by atoms with van der Waals surface area (Å²) in [5, 5.41) is 4.42. The van der Waals surface area contributed by atoms with Gasteiger partial charge in [0.15, 0.2) is 11.5 Å². The van der Waals surface area contributed by atoms with Crippen LogP contribution in [0.3, 0.4) is 0 Å². The van der Waals surface area contributed by atoms with Crippen LogP contribution in [0.15, 0.2) is 42.7 Å². The highest BCUT2D eigenvalue weighted by molar-refractivity contribution is 5.92. The van der Waals surface area contributed by atoms with Crippen LogP contribution in [0, 0.1) is 0 Å². The van der Waals surface area contributed by atoms with Crippen molar-refractivity contribution in [3.63, 3.8) is 0 Å². The summed E-state index contributed by atoms with van der Waals surface area (Å²) in [6.07, 6.45) is 4.06. The highest BCUT2D eigenvalue weighted by atomic mass is 16.5. The van der Waals surface area contributed by atoms with E-state index in [1.165, 1.54) is 0 Å². The number of nitrogens with zero attached hydrogens (tertiary/aromatic N) is 2. The largest absolute Gasteiger partial charge is 0.493 e. The summed E-state index contributed by atoms with van der Waals surface area (Å²) in [4.78, 5) is 8.83. The standard InChI is InChI=1S/C21H23N3O3/c1-25-19-8-6-15(11-20(19)26-2)14-5-7-18-17(10-14)21(24-13-23-18)22-12-16-4-3-9-27-16/h5-8,10-11,13,16H,3-4,9,12H2,1-2H3,(H,22,23,24). The van der Waals surface area contributed by atoms with E-state index in [-0.39, 0.29) is 6.10 Å². The summed E-state index contributed by atoms with van der Waals surface area (Å²) in [6.45, 7) is 1.60. The third-order valence-electron chi connectivity index (χ3n) is 4.87. The molecule has 6 nitrogen and oxygen atoms in total. The fourth-order valence-corrected chi connectivity index (χ4v) is 3.41. The van der Waals surface area contributed by atoms with Crippen molar-refractivity contribution in [2.45, 2.75) is 18.9 Å². The minimum absolute atomic E-state index is 0.254. The molecule has 6 heteroatoms. The number of hydrogen-bond donors (Lipinski definition) is 1. The van der Waals surface area contributed by atoms with Gasteiger partial charge in [0, 0.05) is 18.5 Å². The normalized spacial score (nSPS) is 16.4. The maximum atomic E-state index is 5.70. The Morgan fingerprint density at radius 3 is 2.63 bits per heavy atom. The monoisotopic (exact) mass is 365 g/mol. The molecule has 0 saturated carbocycles. The SMILES string of the molecule is COc1ccc(-c2ccc3ncnc(NCC4CCCO4)c3c2)cc1OC. The third-order valence-corrected chi connectivity index (χ3v) is 4.87. The molecule has 0 radical (unpaired) electrons. The molecular weight excluding hydrogens is 342 g/mol. The molecule has 1 aliphatic heterocycles. The Balaban J connectivity index is 1.67. The molecule has 0 bridgehead atoms. The van der Waals surface area contributed by atoms with Crippen LogP contribution < -0.4 is 14.8 Å². The van der Waals surface area contributed by atoms with Crippen LogP contribution in [0.4, 0.5) is 5.82 Å². The highest BCUT2D eigenvalue weighted by Gasteiger charge is 2.16. The number of methoxy groups -OCH3 is 2. The van der Waals surface area contributed by atoms with Gasteiger partial charge < -0.3 is 19.5 Å². The number of ether oxygens (including phenoxy) is 3. The molecule has 4 rings (SSSR count). The third kappa shape index (κ3) is 3.66. The van der Waals surface area contributed by atoms with E-state index >= 15 is 0 Å². The first kappa shape index (κ1) is 17.5. The fraction of sp³-hybridized carbons (Fsp3) is 0.333. The molecule has 1 saturated heterocycles. The highest BCUT2D eigenvalue weighted by Crippen LogP contribution is 2.34. The lowest BCUT2D eigenvalue weighted by molar-refractivity contribution is 0.120. The minimum Gasteiger partial charge on any atom is -0.493 e. The molecule has 2 heterocycles. The summed E-state index contributed by atoms with van der Waals surface area (Å²) in [5.74, 6) is 2.25. The van der Waals surface area contributed by atoms with E-state index in [0.29, 0.717) is 11.5 Å². The topological polar surface area (TPSA) is 65.5 Å². The van der Waals surface area contributed by atoms with Crippen molar-refractivity contribution in [1.29, 1.82) is 0 Å². The lowest BCUT2D eigenvalue weighted by Crippen LogP contribution is -2.19. The molecule has 2 aromatic carbocycles. The summed E-state index contributed by atoms with van der Waals surface area (Å²) >= 11 is 0. The van der Waals surface area contributed by atoms with E-state index < -0.39 is 0 Å². The molecule has 140 valence electrons. The Morgan fingerprint density at radius 1 is 1.04 bits per heavy atom.